The van der Waals surface area contributed by atoms with Crippen LogP contribution in [0.25, 0.3) is 22.2 Å². The highest BCUT2D eigenvalue weighted by Gasteiger charge is 2.34. The maximum absolute atomic E-state index is 13.7. The zero-order chi connectivity index (χ0) is 28.7. The van der Waals surface area contributed by atoms with Crippen molar-refractivity contribution in [2.75, 3.05) is 11.9 Å². The van der Waals surface area contributed by atoms with Crippen LogP contribution < -0.4 is 5.32 Å². The Balaban J connectivity index is 1.59. The van der Waals surface area contributed by atoms with Crippen molar-refractivity contribution in [3.8, 4) is 11.3 Å². The number of anilines is 2. The standard InChI is InChI=1S/C30H30F3N5O2/c1-29(2,3)19-9-11-20(12-10-19)35-27-21-13-8-18(26-22(30(31,32)33)6-4-14-34-26)16-23(21)36-25(37-27)17-38-15-5-7-24(38)28(39)40/h4,6,8-14,16,24H,5,7,15,17H2,1-3H3,(H,39,40)(H,35,36,37). The Hall–Kier alpha value is -4.05. The van der Waals surface area contributed by atoms with Crippen molar-refractivity contribution >= 4 is 28.4 Å². The molecule has 0 spiro atoms. The van der Waals surface area contributed by atoms with Crippen molar-refractivity contribution in [1.82, 2.24) is 19.9 Å². The zero-order valence-corrected chi connectivity index (χ0v) is 22.5. The molecule has 0 radical (unpaired) electrons. The third kappa shape index (κ3) is 5.77. The number of carboxylic acid groups (broad SMARTS) is 1. The summed E-state index contributed by atoms with van der Waals surface area (Å²) in [6.45, 7) is 7.19. The van der Waals surface area contributed by atoms with Crippen LogP contribution in [-0.2, 0) is 22.9 Å². The molecule has 40 heavy (non-hydrogen) atoms. The molecule has 1 fully saturated rings. The van der Waals surface area contributed by atoms with E-state index in [-0.39, 0.29) is 23.2 Å². The monoisotopic (exact) mass is 549 g/mol. The number of hydrogen-bond donors (Lipinski definition) is 2. The van der Waals surface area contributed by atoms with E-state index in [1.165, 1.54) is 17.8 Å². The average Bonchev–Trinajstić information content (AvgIpc) is 3.36. The minimum Gasteiger partial charge on any atom is -0.480 e. The molecular formula is C30H30F3N5O2. The molecule has 1 aliphatic heterocycles. The highest BCUT2D eigenvalue weighted by molar-refractivity contribution is 5.93. The van der Waals surface area contributed by atoms with Crippen LogP contribution in [0.15, 0.2) is 60.8 Å². The summed E-state index contributed by atoms with van der Waals surface area (Å²) in [5.41, 5.74) is 1.63. The lowest BCUT2D eigenvalue weighted by atomic mass is 9.87. The van der Waals surface area contributed by atoms with E-state index < -0.39 is 23.8 Å². The van der Waals surface area contributed by atoms with Crippen LogP contribution >= 0.6 is 0 Å². The van der Waals surface area contributed by atoms with Crippen LogP contribution in [0.3, 0.4) is 0 Å². The minimum absolute atomic E-state index is 0.0130. The number of aromatic nitrogens is 3. The summed E-state index contributed by atoms with van der Waals surface area (Å²) in [5.74, 6) is -0.0328. The normalized spacial score (nSPS) is 16.4. The number of rotatable bonds is 6. The first-order valence-corrected chi connectivity index (χ1v) is 13.1. The summed E-state index contributed by atoms with van der Waals surface area (Å²) in [7, 11) is 0. The first-order valence-electron chi connectivity index (χ1n) is 13.1. The molecule has 2 aromatic carbocycles. The third-order valence-corrected chi connectivity index (χ3v) is 7.14. The number of carbonyl (C=O) groups is 1. The van der Waals surface area contributed by atoms with Crippen molar-refractivity contribution in [3.05, 3.63) is 77.7 Å². The van der Waals surface area contributed by atoms with Gasteiger partial charge in [0, 0.05) is 22.8 Å². The van der Waals surface area contributed by atoms with Crippen molar-refractivity contribution in [2.24, 2.45) is 0 Å². The van der Waals surface area contributed by atoms with Gasteiger partial charge in [-0.15, -0.1) is 0 Å². The number of halogens is 3. The van der Waals surface area contributed by atoms with Gasteiger partial charge in [-0.1, -0.05) is 39.0 Å². The Morgan fingerprint density at radius 2 is 1.82 bits per heavy atom. The van der Waals surface area contributed by atoms with Crippen molar-refractivity contribution < 1.29 is 23.1 Å². The average molecular weight is 550 g/mol. The predicted molar refractivity (Wildman–Crippen MR) is 147 cm³/mol. The molecule has 2 N–H and O–H groups in total. The Morgan fingerprint density at radius 3 is 2.50 bits per heavy atom. The first kappa shape index (κ1) is 27.5. The van der Waals surface area contributed by atoms with E-state index in [0.29, 0.717) is 35.5 Å². The molecule has 0 bridgehead atoms. The van der Waals surface area contributed by atoms with Gasteiger partial charge in [0.1, 0.15) is 17.7 Å². The van der Waals surface area contributed by atoms with Gasteiger partial charge in [0.05, 0.1) is 23.3 Å². The number of nitrogens with one attached hydrogen (secondary N) is 1. The van der Waals surface area contributed by atoms with Crippen molar-refractivity contribution in [3.63, 3.8) is 0 Å². The van der Waals surface area contributed by atoms with Gasteiger partial charge in [0.15, 0.2) is 0 Å². The van der Waals surface area contributed by atoms with Crippen LogP contribution in [0.1, 0.15) is 50.6 Å². The smallest absolute Gasteiger partial charge is 0.418 e. The Labute approximate surface area is 230 Å². The Morgan fingerprint density at radius 1 is 1.07 bits per heavy atom. The number of aliphatic carboxylic acids is 1. The molecule has 4 aromatic rings. The Bertz CT molecular complexity index is 1550. The molecule has 208 valence electrons. The molecular weight excluding hydrogens is 519 g/mol. The predicted octanol–water partition coefficient (Wildman–Crippen LogP) is 6.80. The van der Waals surface area contributed by atoms with E-state index >= 15 is 0 Å². The molecule has 0 amide bonds. The van der Waals surface area contributed by atoms with Gasteiger partial charge in [-0.25, -0.2) is 9.97 Å². The largest absolute Gasteiger partial charge is 0.480 e. The van der Waals surface area contributed by atoms with E-state index in [9.17, 15) is 23.1 Å². The van der Waals surface area contributed by atoms with Crippen LogP contribution in [-0.4, -0.2) is 43.5 Å². The maximum atomic E-state index is 13.7. The molecule has 7 nitrogen and oxygen atoms in total. The number of benzene rings is 2. The van der Waals surface area contributed by atoms with Gasteiger partial charge in [0.2, 0.25) is 0 Å². The molecule has 3 heterocycles. The second-order valence-corrected chi connectivity index (χ2v) is 11.0. The van der Waals surface area contributed by atoms with Gasteiger partial charge in [-0.3, -0.25) is 14.7 Å². The van der Waals surface area contributed by atoms with Crippen LogP contribution in [0.5, 0.6) is 0 Å². The number of pyridine rings is 1. The fourth-order valence-electron chi connectivity index (χ4n) is 5.02. The topological polar surface area (TPSA) is 91.2 Å². The highest BCUT2D eigenvalue weighted by atomic mass is 19.4. The summed E-state index contributed by atoms with van der Waals surface area (Å²) in [6, 6.07) is 14.4. The van der Waals surface area contributed by atoms with Crippen LogP contribution in [0, 0.1) is 0 Å². The number of likely N-dealkylation sites (tertiary alicyclic amines) is 1. The second-order valence-electron chi connectivity index (χ2n) is 11.0. The summed E-state index contributed by atoms with van der Waals surface area (Å²) in [4.78, 5) is 27.0. The summed E-state index contributed by atoms with van der Waals surface area (Å²) in [6.07, 6.45) is -1.95. The maximum Gasteiger partial charge on any atom is 0.418 e. The van der Waals surface area contributed by atoms with E-state index in [1.807, 2.05) is 29.2 Å². The molecule has 10 heteroatoms. The van der Waals surface area contributed by atoms with Gasteiger partial charge in [-0.2, -0.15) is 13.2 Å². The van der Waals surface area contributed by atoms with E-state index in [2.05, 4.69) is 36.1 Å². The van der Waals surface area contributed by atoms with E-state index in [1.54, 1.807) is 18.2 Å². The molecule has 0 aliphatic carbocycles. The van der Waals surface area contributed by atoms with Crippen molar-refractivity contribution in [1.29, 1.82) is 0 Å². The first-order chi connectivity index (χ1) is 18.9. The highest BCUT2D eigenvalue weighted by Crippen LogP contribution is 2.37. The Kier molecular flexibility index (Phi) is 7.22. The second kappa shape index (κ2) is 10.5. The molecule has 1 atom stereocenters. The SMILES string of the molecule is CC(C)(C)c1ccc(Nc2nc(CN3CCCC3C(=O)O)nc3cc(-c4ncccc4C(F)(F)F)ccc23)cc1. The quantitative estimate of drug-likeness (QED) is 0.273. The molecule has 1 aliphatic rings. The van der Waals surface area contributed by atoms with Crippen LogP contribution in [0.2, 0.25) is 0 Å². The lowest BCUT2D eigenvalue weighted by Gasteiger charge is -2.21. The lowest BCUT2D eigenvalue weighted by Crippen LogP contribution is -2.35. The van der Waals surface area contributed by atoms with E-state index in [0.717, 1.165) is 18.2 Å². The summed E-state index contributed by atoms with van der Waals surface area (Å²) in [5, 5.41) is 13.6. The van der Waals surface area contributed by atoms with Gasteiger partial charge in [0.25, 0.3) is 0 Å². The number of nitrogens with zero attached hydrogens (tertiary/aromatic N) is 4. The zero-order valence-electron chi connectivity index (χ0n) is 22.5. The molecule has 1 unspecified atom stereocenters. The van der Waals surface area contributed by atoms with Gasteiger partial charge in [-0.05, 0) is 66.8 Å². The molecule has 5 rings (SSSR count). The third-order valence-electron chi connectivity index (χ3n) is 7.14. The number of carboxylic acids is 1. The fourth-order valence-corrected chi connectivity index (χ4v) is 5.02. The van der Waals surface area contributed by atoms with E-state index in [4.69, 9.17) is 4.98 Å². The fraction of sp³-hybridized carbons (Fsp3) is 0.333. The number of fused-ring (bicyclic) bond motifs is 1. The van der Waals surface area contributed by atoms with Crippen molar-refractivity contribution in [2.45, 2.75) is 57.8 Å². The van der Waals surface area contributed by atoms with Gasteiger partial charge < -0.3 is 10.4 Å². The van der Waals surface area contributed by atoms with Gasteiger partial charge >= 0.3 is 12.1 Å². The lowest BCUT2D eigenvalue weighted by molar-refractivity contribution is -0.142. The minimum atomic E-state index is -4.57. The number of hydrogen-bond acceptors (Lipinski definition) is 6. The van der Waals surface area contributed by atoms with Crippen LogP contribution in [0.4, 0.5) is 24.7 Å². The molecule has 1 saturated heterocycles. The molecule has 2 aromatic heterocycles. The number of alkyl halides is 3. The summed E-state index contributed by atoms with van der Waals surface area (Å²) >= 11 is 0. The summed E-state index contributed by atoms with van der Waals surface area (Å²) < 4.78 is 41.2. The molecule has 0 saturated carbocycles.